The highest BCUT2D eigenvalue weighted by molar-refractivity contribution is 8.13. The van der Waals surface area contributed by atoms with E-state index in [4.69, 9.17) is 11.6 Å². The van der Waals surface area contributed by atoms with Crippen LogP contribution in [0.5, 0.6) is 0 Å². The molecule has 0 aliphatic carbocycles. The first-order valence-corrected chi connectivity index (χ1v) is 8.16. The van der Waals surface area contributed by atoms with Gasteiger partial charge in [-0.15, -0.1) is 22.0 Å². The molecule has 0 atom stereocenters. The molecule has 1 aromatic heterocycles. The molecule has 4 nitrogen and oxygen atoms in total. The Balaban J connectivity index is 2.25. The molecule has 0 fully saturated rings. The number of nitrogens with zero attached hydrogens (tertiary/aromatic N) is 4. The monoisotopic (exact) mass is 306 g/mol. The molecule has 2 aromatic rings. The molecule has 2 heterocycles. The standard InChI is InChI=1S/C14H15ClN4S/c1-3-4-12-17-18-13-8-16-14(20-2)10-7-9(15)5-6-11(10)19(12)13/h5-7H,3-4,8H2,1-2H3. The van der Waals surface area contributed by atoms with Crippen LogP contribution in [0.3, 0.4) is 0 Å². The molecule has 0 saturated carbocycles. The van der Waals surface area contributed by atoms with Crippen molar-refractivity contribution in [2.24, 2.45) is 4.99 Å². The van der Waals surface area contributed by atoms with E-state index in [1.54, 1.807) is 11.8 Å². The van der Waals surface area contributed by atoms with Gasteiger partial charge in [0.25, 0.3) is 0 Å². The first kappa shape index (κ1) is 13.6. The van der Waals surface area contributed by atoms with Crippen molar-refractivity contribution < 1.29 is 0 Å². The van der Waals surface area contributed by atoms with Gasteiger partial charge >= 0.3 is 0 Å². The highest BCUT2D eigenvalue weighted by atomic mass is 35.5. The van der Waals surface area contributed by atoms with Crippen LogP contribution in [0.2, 0.25) is 5.02 Å². The number of thioether (sulfide) groups is 1. The topological polar surface area (TPSA) is 43.1 Å². The van der Waals surface area contributed by atoms with E-state index in [0.717, 1.165) is 45.8 Å². The Kier molecular flexibility index (Phi) is 3.81. The Bertz CT molecular complexity index is 678. The maximum atomic E-state index is 6.15. The lowest BCUT2D eigenvalue weighted by molar-refractivity contribution is 0.789. The van der Waals surface area contributed by atoms with Crippen molar-refractivity contribution in [2.45, 2.75) is 26.3 Å². The SMILES string of the molecule is CCCc1nnc2n1-c1ccc(Cl)cc1C(SC)=NC2. The lowest BCUT2D eigenvalue weighted by atomic mass is 10.2. The Hall–Kier alpha value is -1.33. The van der Waals surface area contributed by atoms with Crippen molar-refractivity contribution in [1.29, 1.82) is 0 Å². The predicted octanol–water partition coefficient (Wildman–Crippen LogP) is 3.50. The molecular weight excluding hydrogens is 292 g/mol. The van der Waals surface area contributed by atoms with Crippen LogP contribution < -0.4 is 0 Å². The van der Waals surface area contributed by atoms with Gasteiger partial charge in [0.2, 0.25) is 0 Å². The van der Waals surface area contributed by atoms with E-state index in [2.05, 4.69) is 26.7 Å². The Morgan fingerprint density at radius 3 is 2.95 bits per heavy atom. The fraction of sp³-hybridized carbons (Fsp3) is 0.357. The van der Waals surface area contributed by atoms with Crippen LogP contribution >= 0.6 is 23.4 Å². The minimum atomic E-state index is 0.555. The lowest BCUT2D eigenvalue weighted by Crippen LogP contribution is -2.07. The molecule has 0 amide bonds. The molecule has 0 saturated heterocycles. The summed E-state index contributed by atoms with van der Waals surface area (Å²) in [5.74, 6) is 1.88. The van der Waals surface area contributed by atoms with Gasteiger partial charge in [-0.1, -0.05) is 18.5 Å². The predicted molar refractivity (Wildman–Crippen MR) is 84.1 cm³/mol. The molecule has 20 heavy (non-hydrogen) atoms. The summed E-state index contributed by atoms with van der Waals surface area (Å²) in [6.45, 7) is 2.70. The van der Waals surface area contributed by atoms with Crippen molar-refractivity contribution in [2.75, 3.05) is 6.26 Å². The first-order chi connectivity index (χ1) is 9.74. The van der Waals surface area contributed by atoms with E-state index in [-0.39, 0.29) is 0 Å². The number of aromatic nitrogens is 3. The fourth-order valence-electron chi connectivity index (χ4n) is 2.40. The minimum Gasteiger partial charge on any atom is -0.281 e. The number of aryl methyl sites for hydroxylation is 1. The van der Waals surface area contributed by atoms with Gasteiger partial charge < -0.3 is 0 Å². The van der Waals surface area contributed by atoms with Gasteiger partial charge in [-0.05, 0) is 30.9 Å². The van der Waals surface area contributed by atoms with Gasteiger partial charge in [0, 0.05) is 17.0 Å². The number of hydrogen-bond donors (Lipinski definition) is 0. The molecule has 0 N–H and O–H groups in total. The summed E-state index contributed by atoms with van der Waals surface area (Å²) in [6, 6.07) is 5.90. The normalized spacial score (nSPS) is 13.4. The summed E-state index contributed by atoms with van der Waals surface area (Å²) in [5.41, 5.74) is 2.13. The van der Waals surface area contributed by atoms with E-state index in [9.17, 15) is 0 Å². The smallest absolute Gasteiger partial charge is 0.159 e. The summed E-state index contributed by atoms with van der Waals surface area (Å²) >= 11 is 7.78. The maximum absolute atomic E-state index is 6.15. The molecule has 104 valence electrons. The van der Waals surface area contributed by atoms with Gasteiger partial charge in [-0.2, -0.15) is 0 Å². The number of benzene rings is 1. The number of fused-ring (bicyclic) bond motifs is 3. The van der Waals surface area contributed by atoms with Crippen molar-refractivity contribution in [3.05, 3.63) is 40.4 Å². The van der Waals surface area contributed by atoms with Gasteiger partial charge in [0.15, 0.2) is 5.82 Å². The average Bonchev–Trinajstić information content (AvgIpc) is 2.76. The highest BCUT2D eigenvalue weighted by Gasteiger charge is 2.21. The second kappa shape index (κ2) is 5.58. The summed E-state index contributed by atoms with van der Waals surface area (Å²) < 4.78 is 2.13. The van der Waals surface area contributed by atoms with Crippen LogP contribution in [0, 0.1) is 0 Å². The Morgan fingerprint density at radius 2 is 2.20 bits per heavy atom. The molecule has 1 aromatic carbocycles. The number of rotatable bonds is 2. The zero-order valence-electron chi connectivity index (χ0n) is 11.4. The van der Waals surface area contributed by atoms with E-state index >= 15 is 0 Å². The van der Waals surface area contributed by atoms with Crippen LogP contribution in [0.1, 0.15) is 30.6 Å². The third-order valence-corrected chi connectivity index (χ3v) is 4.23. The Morgan fingerprint density at radius 1 is 1.35 bits per heavy atom. The molecule has 1 aliphatic heterocycles. The zero-order chi connectivity index (χ0) is 14.1. The summed E-state index contributed by atoms with van der Waals surface area (Å²) in [6.07, 6.45) is 3.98. The van der Waals surface area contributed by atoms with Crippen LogP contribution in [0.15, 0.2) is 23.2 Å². The summed E-state index contributed by atoms with van der Waals surface area (Å²) in [5, 5.41) is 10.3. The van der Waals surface area contributed by atoms with Gasteiger partial charge in [0.1, 0.15) is 17.4 Å². The van der Waals surface area contributed by atoms with Gasteiger partial charge in [-0.3, -0.25) is 9.56 Å². The van der Waals surface area contributed by atoms with Crippen molar-refractivity contribution in [1.82, 2.24) is 14.8 Å². The number of halogens is 1. The quantitative estimate of drug-likeness (QED) is 0.853. The molecule has 3 rings (SSSR count). The highest BCUT2D eigenvalue weighted by Crippen LogP contribution is 2.28. The second-order valence-electron chi connectivity index (χ2n) is 4.60. The summed E-state index contributed by atoms with van der Waals surface area (Å²) in [7, 11) is 0. The maximum Gasteiger partial charge on any atom is 0.159 e. The molecule has 6 heteroatoms. The van der Waals surface area contributed by atoms with Crippen LogP contribution in [0.25, 0.3) is 5.69 Å². The van der Waals surface area contributed by atoms with Crippen molar-refractivity contribution in [3.8, 4) is 5.69 Å². The van der Waals surface area contributed by atoms with E-state index < -0.39 is 0 Å². The van der Waals surface area contributed by atoms with Crippen LogP contribution in [0.4, 0.5) is 0 Å². The Labute approximate surface area is 127 Å². The van der Waals surface area contributed by atoms with E-state index in [1.807, 2.05) is 24.5 Å². The van der Waals surface area contributed by atoms with Crippen LogP contribution in [-0.2, 0) is 13.0 Å². The van der Waals surface area contributed by atoms with Gasteiger partial charge in [-0.25, -0.2) is 0 Å². The number of hydrogen-bond acceptors (Lipinski definition) is 4. The third-order valence-electron chi connectivity index (χ3n) is 3.26. The molecular formula is C14H15ClN4S. The molecule has 0 unspecified atom stereocenters. The van der Waals surface area contributed by atoms with Crippen LogP contribution in [-0.4, -0.2) is 26.1 Å². The largest absolute Gasteiger partial charge is 0.281 e. The molecule has 0 radical (unpaired) electrons. The molecule has 0 bridgehead atoms. The molecule has 1 aliphatic rings. The third kappa shape index (κ3) is 2.25. The zero-order valence-corrected chi connectivity index (χ0v) is 13.0. The first-order valence-electron chi connectivity index (χ1n) is 6.56. The van der Waals surface area contributed by atoms with E-state index in [0.29, 0.717) is 6.54 Å². The van der Waals surface area contributed by atoms with Crippen molar-refractivity contribution >= 4 is 28.4 Å². The fourth-order valence-corrected chi connectivity index (χ4v) is 3.15. The molecule has 0 spiro atoms. The average molecular weight is 307 g/mol. The summed E-state index contributed by atoms with van der Waals surface area (Å²) in [4.78, 5) is 4.64. The second-order valence-corrected chi connectivity index (χ2v) is 5.84. The lowest BCUT2D eigenvalue weighted by Gasteiger charge is -2.12. The van der Waals surface area contributed by atoms with Crippen molar-refractivity contribution in [3.63, 3.8) is 0 Å². The van der Waals surface area contributed by atoms with E-state index in [1.165, 1.54) is 0 Å². The minimum absolute atomic E-state index is 0.555. The number of aliphatic imine (C=N–C) groups is 1. The van der Waals surface area contributed by atoms with Gasteiger partial charge in [0.05, 0.1) is 5.69 Å².